The van der Waals surface area contributed by atoms with Crippen LogP contribution in [0.4, 0.5) is 0 Å². The molecule has 0 aliphatic rings. The lowest BCUT2D eigenvalue weighted by atomic mass is 10.0. The third-order valence-electron chi connectivity index (χ3n) is 8.02. The minimum absolute atomic E-state index is 0.235. The van der Waals surface area contributed by atoms with E-state index in [1.807, 2.05) is 74.5 Å². The van der Waals surface area contributed by atoms with Gasteiger partial charge in [-0.05, 0) is 72.2 Å². The van der Waals surface area contributed by atoms with Gasteiger partial charge in [0.25, 0.3) is 0 Å². The molecule has 3 aromatic heterocycles. The van der Waals surface area contributed by atoms with E-state index in [9.17, 15) is 9.59 Å². The van der Waals surface area contributed by atoms with Gasteiger partial charge in [0.05, 0.1) is 0 Å². The molecule has 2 aromatic carbocycles. The van der Waals surface area contributed by atoms with Crippen molar-refractivity contribution >= 4 is 11.9 Å². The summed E-state index contributed by atoms with van der Waals surface area (Å²) in [7, 11) is 0. The molecule has 0 atom stereocenters. The number of esters is 2. The highest BCUT2D eigenvalue weighted by Gasteiger charge is 2.22. The fourth-order valence-corrected chi connectivity index (χ4v) is 5.73. The maximum atomic E-state index is 12.9. The second-order valence-corrected chi connectivity index (χ2v) is 10.9. The van der Waals surface area contributed by atoms with E-state index in [0.29, 0.717) is 24.2 Å². The number of aromatic amines is 3. The van der Waals surface area contributed by atoms with Crippen LogP contribution in [0.25, 0.3) is 0 Å². The first-order chi connectivity index (χ1) is 20.9. The Morgan fingerprint density at radius 2 is 0.977 bits per heavy atom. The van der Waals surface area contributed by atoms with Gasteiger partial charge in [-0.2, -0.15) is 0 Å². The minimum atomic E-state index is -0.346. The summed E-state index contributed by atoms with van der Waals surface area (Å²) < 4.78 is 11.2. The van der Waals surface area contributed by atoms with Crippen LogP contribution in [-0.2, 0) is 48.4 Å². The van der Waals surface area contributed by atoms with E-state index in [-0.39, 0.29) is 25.2 Å². The number of rotatable bonds is 12. The maximum absolute atomic E-state index is 12.9. The number of benzene rings is 2. The molecule has 7 heteroatoms. The Labute approximate surface area is 252 Å². The van der Waals surface area contributed by atoms with Crippen molar-refractivity contribution in [1.82, 2.24) is 15.0 Å². The molecule has 0 radical (unpaired) electrons. The Morgan fingerprint density at radius 1 is 0.581 bits per heavy atom. The SMILES string of the molecule is CCc1c(Cc2ccc(Cc3[nH]c(C(=O)OCc4ccccc4)c(C)c3CC)[nH]2)[nH]c(C(=O)OCc2ccccc2)c1C. The van der Waals surface area contributed by atoms with Crippen LogP contribution in [-0.4, -0.2) is 26.9 Å². The molecule has 0 fully saturated rings. The highest BCUT2D eigenvalue weighted by molar-refractivity contribution is 5.90. The van der Waals surface area contributed by atoms with Crippen LogP contribution in [0.15, 0.2) is 72.8 Å². The second kappa shape index (κ2) is 13.5. The number of H-pyrrole nitrogens is 3. The summed E-state index contributed by atoms with van der Waals surface area (Å²) in [4.78, 5) is 36.1. The van der Waals surface area contributed by atoms with Crippen molar-refractivity contribution in [2.45, 2.75) is 66.6 Å². The predicted molar refractivity (Wildman–Crippen MR) is 167 cm³/mol. The zero-order chi connectivity index (χ0) is 30.3. The van der Waals surface area contributed by atoms with Gasteiger partial charge in [-0.3, -0.25) is 0 Å². The standard InChI is InChI=1S/C36H39N3O4/c1-5-29-23(3)33(35(40)42-21-25-13-9-7-10-14-25)38-31(29)19-27-17-18-28(37-27)20-32-30(6-2)24(4)34(39-32)36(41)43-22-26-15-11-8-12-16-26/h7-18,37-39H,5-6,19-22H2,1-4H3. The molecule has 0 aliphatic carbocycles. The number of ether oxygens (including phenoxy) is 2. The van der Waals surface area contributed by atoms with E-state index < -0.39 is 0 Å². The summed E-state index contributed by atoms with van der Waals surface area (Å²) in [5.74, 6) is -0.691. The van der Waals surface area contributed by atoms with Crippen molar-refractivity contribution in [2.75, 3.05) is 0 Å². The Balaban J connectivity index is 1.27. The molecular weight excluding hydrogens is 538 g/mol. The largest absolute Gasteiger partial charge is 0.456 e. The van der Waals surface area contributed by atoms with Gasteiger partial charge < -0.3 is 24.4 Å². The summed E-state index contributed by atoms with van der Waals surface area (Å²) in [6, 6.07) is 23.5. The lowest BCUT2D eigenvalue weighted by Crippen LogP contribution is -2.07. The van der Waals surface area contributed by atoms with Crippen LogP contribution < -0.4 is 0 Å². The number of carbonyl (C=O) groups excluding carboxylic acids is 2. The number of hydrogen-bond donors (Lipinski definition) is 3. The second-order valence-electron chi connectivity index (χ2n) is 10.9. The maximum Gasteiger partial charge on any atom is 0.355 e. The van der Waals surface area contributed by atoms with E-state index >= 15 is 0 Å². The van der Waals surface area contributed by atoms with Crippen molar-refractivity contribution in [1.29, 1.82) is 0 Å². The highest BCUT2D eigenvalue weighted by Crippen LogP contribution is 2.25. The van der Waals surface area contributed by atoms with Gasteiger partial charge >= 0.3 is 11.9 Å². The fraction of sp³-hybridized carbons (Fsp3) is 0.278. The van der Waals surface area contributed by atoms with E-state index in [1.165, 1.54) is 0 Å². The average Bonchev–Trinajstić information content (AvgIpc) is 3.70. The number of nitrogens with one attached hydrogen (secondary N) is 3. The third-order valence-corrected chi connectivity index (χ3v) is 8.02. The van der Waals surface area contributed by atoms with Gasteiger partial charge in [0.1, 0.15) is 24.6 Å². The van der Waals surface area contributed by atoms with Crippen molar-refractivity contribution in [3.05, 3.63) is 140 Å². The average molecular weight is 578 g/mol. The first-order valence-corrected chi connectivity index (χ1v) is 14.9. The molecule has 5 rings (SSSR count). The molecule has 0 spiro atoms. The predicted octanol–water partition coefficient (Wildman–Crippen LogP) is 7.31. The van der Waals surface area contributed by atoms with Crippen LogP contribution in [0.2, 0.25) is 0 Å². The third kappa shape index (κ3) is 6.83. The quantitative estimate of drug-likeness (QED) is 0.135. The zero-order valence-electron chi connectivity index (χ0n) is 25.3. The minimum Gasteiger partial charge on any atom is -0.456 e. The van der Waals surface area contributed by atoms with Crippen LogP contribution >= 0.6 is 0 Å². The van der Waals surface area contributed by atoms with Gasteiger partial charge in [-0.25, -0.2) is 9.59 Å². The molecule has 7 nitrogen and oxygen atoms in total. The van der Waals surface area contributed by atoms with Crippen molar-refractivity contribution in [3.63, 3.8) is 0 Å². The monoisotopic (exact) mass is 577 g/mol. The molecule has 0 aliphatic heterocycles. The number of hydrogen-bond acceptors (Lipinski definition) is 4. The molecule has 43 heavy (non-hydrogen) atoms. The molecule has 222 valence electrons. The molecule has 0 amide bonds. The lowest BCUT2D eigenvalue weighted by molar-refractivity contribution is 0.0457. The summed E-state index contributed by atoms with van der Waals surface area (Å²) in [6.07, 6.45) is 2.89. The Hall–Kier alpha value is -4.78. The molecule has 3 heterocycles. The van der Waals surface area contributed by atoms with Crippen molar-refractivity contribution in [3.8, 4) is 0 Å². The Bertz CT molecular complexity index is 1570. The van der Waals surface area contributed by atoms with E-state index in [2.05, 4.69) is 40.9 Å². The first kappa shape index (κ1) is 29.7. The molecule has 5 aromatic rings. The highest BCUT2D eigenvalue weighted by atomic mass is 16.5. The van der Waals surface area contributed by atoms with Gasteiger partial charge in [0.2, 0.25) is 0 Å². The number of aromatic nitrogens is 3. The van der Waals surface area contributed by atoms with Crippen molar-refractivity contribution in [2.24, 2.45) is 0 Å². The Kier molecular flexibility index (Phi) is 9.30. The summed E-state index contributed by atoms with van der Waals surface area (Å²) in [6.45, 7) is 8.61. The van der Waals surface area contributed by atoms with Gasteiger partial charge in [-0.15, -0.1) is 0 Å². The topological polar surface area (TPSA) is 100.0 Å². The van der Waals surface area contributed by atoms with Crippen LogP contribution in [0.1, 0.15) is 91.0 Å². The van der Waals surface area contributed by atoms with Crippen LogP contribution in [0.5, 0.6) is 0 Å². The Morgan fingerprint density at radius 3 is 1.35 bits per heavy atom. The van der Waals surface area contributed by atoms with Crippen LogP contribution in [0.3, 0.4) is 0 Å². The molecule has 0 bridgehead atoms. The summed E-state index contributed by atoms with van der Waals surface area (Å²) in [5.41, 5.74) is 11.2. The molecule has 0 saturated heterocycles. The van der Waals surface area contributed by atoms with Crippen LogP contribution in [0, 0.1) is 13.8 Å². The van der Waals surface area contributed by atoms with Gasteiger partial charge in [0.15, 0.2) is 0 Å². The fourth-order valence-electron chi connectivity index (χ4n) is 5.73. The summed E-state index contributed by atoms with van der Waals surface area (Å²) >= 11 is 0. The van der Waals surface area contributed by atoms with Gasteiger partial charge in [-0.1, -0.05) is 74.5 Å². The van der Waals surface area contributed by atoms with E-state index in [1.54, 1.807) is 0 Å². The molecule has 0 saturated carbocycles. The molecular formula is C36H39N3O4. The smallest absolute Gasteiger partial charge is 0.355 e. The zero-order valence-corrected chi connectivity index (χ0v) is 25.3. The molecule has 3 N–H and O–H groups in total. The summed E-state index contributed by atoms with van der Waals surface area (Å²) in [5, 5.41) is 0. The normalized spacial score (nSPS) is 11.1. The van der Waals surface area contributed by atoms with Crippen molar-refractivity contribution < 1.29 is 19.1 Å². The number of carbonyl (C=O) groups is 2. The van der Waals surface area contributed by atoms with Gasteiger partial charge in [0, 0.05) is 35.6 Å². The first-order valence-electron chi connectivity index (χ1n) is 14.9. The van der Waals surface area contributed by atoms with E-state index in [0.717, 1.165) is 69.0 Å². The molecule has 0 unspecified atom stereocenters. The lowest BCUT2D eigenvalue weighted by Gasteiger charge is -2.04. The van der Waals surface area contributed by atoms with E-state index in [4.69, 9.17) is 9.47 Å².